The van der Waals surface area contributed by atoms with Gasteiger partial charge in [0.15, 0.2) is 0 Å². The standard InChI is InChI=1S/C16H19FN6O2P/c17-26(9-10-26)8-7-21-5-6-22(16(25)15(21)24)12-13-1-2-14(11-18-13)23-19-3-4-20-23/h1-4,11H,5-10,12H2/q+1. The number of amides is 2. The molecule has 0 unspecified atom stereocenters. The van der Waals surface area contributed by atoms with Crippen LogP contribution in [0.2, 0.25) is 0 Å². The highest BCUT2D eigenvalue weighted by Crippen LogP contribution is 2.73. The SMILES string of the molecule is O=C1C(=O)N(Cc2ccc(-n3nccn3)cn2)CCN1CC[P+]1(F)CC1. The van der Waals surface area contributed by atoms with E-state index in [0.717, 1.165) is 5.69 Å². The average Bonchev–Trinajstić information content (AvgIpc) is 3.15. The fourth-order valence-corrected chi connectivity index (χ4v) is 4.80. The summed E-state index contributed by atoms with van der Waals surface area (Å²) in [6, 6.07) is 3.60. The van der Waals surface area contributed by atoms with E-state index < -0.39 is 19.4 Å². The maximum atomic E-state index is 13.8. The Labute approximate surface area is 150 Å². The van der Waals surface area contributed by atoms with Crippen LogP contribution in [0.25, 0.3) is 5.69 Å². The van der Waals surface area contributed by atoms with Gasteiger partial charge in [0.1, 0.15) is 24.2 Å². The Morgan fingerprint density at radius 3 is 2.38 bits per heavy atom. The fourth-order valence-electron chi connectivity index (χ4n) is 2.88. The highest BCUT2D eigenvalue weighted by molar-refractivity contribution is 7.78. The van der Waals surface area contributed by atoms with Gasteiger partial charge < -0.3 is 9.80 Å². The van der Waals surface area contributed by atoms with E-state index in [0.29, 0.717) is 43.8 Å². The summed E-state index contributed by atoms with van der Waals surface area (Å²) < 4.78 is 13.8. The summed E-state index contributed by atoms with van der Waals surface area (Å²) in [6.07, 6.45) is 6.55. The van der Waals surface area contributed by atoms with Crippen molar-refractivity contribution in [3.63, 3.8) is 0 Å². The van der Waals surface area contributed by atoms with Crippen LogP contribution in [0.1, 0.15) is 5.69 Å². The van der Waals surface area contributed by atoms with E-state index in [1.807, 2.05) is 6.07 Å². The molecule has 0 saturated carbocycles. The predicted octanol–water partition coefficient (Wildman–Crippen LogP) is 0.749. The molecule has 2 amide bonds. The highest BCUT2D eigenvalue weighted by Gasteiger charge is 2.55. The van der Waals surface area contributed by atoms with Gasteiger partial charge in [-0.2, -0.15) is 15.0 Å². The average molecular weight is 377 g/mol. The van der Waals surface area contributed by atoms with Gasteiger partial charge in [-0.15, -0.1) is 0 Å². The van der Waals surface area contributed by atoms with Gasteiger partial charge in [0, 0.05) is 13.1 Å². The van der Waals surface area contributed by atoms with Crippen molar-refractivity contribution >= 4 is 19.4 Å². The maximum absolute atomic E-state index is 13.8. The van der Waals surface area contributed by atoms with E-state index in [1.54, 1.807) is 24.7 Å². The quantitative estimate of drug-likeness (QED) is 0.548. The molecule has 4 rings (SSSR count). The lowest BCUT2D eigenvalue weighted by Crippen LogP contribution is -2.54. The van der Waals surface area contributed by atoms with E-state index in [1.165, 1.54) is 14.6 Å². The molecule has 26 heavy (non-hydrogen) atoms. The summed E-state index contributed by atoms with van der Waals surface area (Å²) in [5, 5.41) is 8.06. The third-order valence-electron chi connectivity index (χ3n) is 4.69. The summed E-state index contributed by atoms with van der Waals surface area (Å²) in [5.74, 6) is -1.08. The minimum Gasteiger partial charge on any atom is -0.329 e. The molecule has 2 saturated heterocycles. The number of carbonyl (C=O) groups is 2. The number of pyridine rings is 1. The van der Waals surface area contributed by atoms with Crippen LogP contribution >= 0.6 is 7.57 Å². The zero-order valence-corrected chi connectivity index (χ0v) is 15.1. The van der Waals surface area contributed by atoms with Gasteiger partial charge in [-0.25, -0.2) is 0 Å². The summed E-state index contributed by atoms with van der Waals surface area (Å²) in [7, 11) is -2.22. The second kappa shape index (κ2) is 6.72. The summed E-state index contributed by atoms with van der Waals surface area (Å²) in [6.45, 7) is 1.50. The molecule has 2 aliphatic rings. The second-order valence-electron chi connectivity index (χ2n) is 6.55. The van der Waals surface area contributed by atoms with E-state index in [4.69, 9.17) is 0 Å². The zero-order chi connectivity index (χ0) is 18.1. The summed E-state index contributed by atoms with van der Waals surface area (Å²) in [4.78, 5) is 33.3. The molecular formula is C16H19FN6O2P+. The van der Waals surface area contributed by atoms with Crippen LogP contribution in [0.4, 0.5) is 4.20 Å². The third kappa shape index (κ3) is 3.58. The molecule has 136 valence electrons. The third-order valence-corrected chi connectivity index (χ3v) is 7.11. The Bertz CT molecular complexity index is 809. The number of carbonyl (C=O) groups excluding carboxylic acids is 2. The molecule has 0 radical (unpaired) electrons. The van der Waals surface area contributed by atoms with Crippen LogP contribution in [-0.4, -0.2) is 79.7 Å². The lowest BCUT2D eigenvalue weighted by Gasteiger charge is -2.33. The molecule has 10 heteroatoms. The monoisotopic (exact) mass is 377 g/mol. The molecule has 0 aliphatic carbocycles. The first kappa shape index (κ1) is 17.0. The number of halogens is 1. The predicted molar refractivity (Wildman–Crippen MR) is 93.8 cm³/mol. The molecule has 8 nitrogen and oxygen atoms in total. The van der Waals surface area contributed by atoms with Crippen molar-refractivity contribution in [2.24, 2.45) is 0 Å². The van der Waals surface area contributed by atoms with Crippen molar-refractivity contribution in [1.82, 2.24) is 29.8 Å². The minimum absolute atomic E-state index is 0.269. The van der Waals surface area contributed by atoms with Crippen LogP contribution in [0, 0.1) is 0 Å². The number of hydrogen-bond acceptors (Lipinski definition) is 5. The first-order chi connectivity index (χ1) is 12.5. The Morgan fingerprint density at radius 1 is 1.04 bits per heavy atom. The normalized spacial score (nSPS) is 19.1. The van der Waals surface area contributed by atoms with Gasteiger partial charge in [-0.3, -0.25) is 14.6 Å². The molecule has 0 atom stereocenters. The van der Waals surface area contributed by atoms with Gasteiger partial charge in [0.2, 0.25) is 7.57 Å². The molecular weight excluding hydrogens is 358 g/mol. The van der Waals surface area contributed by atoms with E-state index in [2.05, 4.69) is 15.2 Å². The van der Waals surface area contributed by atoms with Crippen LogP contribution in [-0.2, 0) is 16.1 Å². The van der Waals surface area contributed by atoms with Crippen LogP contribution in [0.15, 0.2) is 30.7 Å². The molecule has 2 fully saturated rings. The first-order valence-electron chi connectivity index (χ1n) is 8.50. The van der Waals surface area contributed by atoms with Gasteiger partial charge >= 0.3 is 11.8 Å². The zero-order valence-electron chi connectivity index (χ0n) is 14.2. The number of aromatic nitrogens is 4. The number of hydrogen-bond donors (Lipinski definition) is 0. The highest BCUT2D eigenvalue weighted by atomic mass is 31.2. The molecule has 0 aromatic carbocycles. The lowest BCUT2D eigenvalue weighted by molar-refractivity contribution is -0.156. The molecule has 2 aromatic rings. The van der Waals surface area contributed by atoms with Gasteiger partial charge in [0.05, 0.1) is 37.4 Å². The molecule has 0 spiro atoms. The summed E-state index contributed by atoms with van der Waals surface area (Å²) in [5.41, 5.74) is 1.40. The van der Waals surface area contributed by atoms with Crippen molar-refractivity contribution in [2.45, 2.75) is 6.54 Å². The van der Waals surface area contributed by atoms with Gasteiger partial charge in [-0.05, 0) is 12.1 Å². The first-order valence-corrected chi connectivity index (χ1v) is 10.7. The Hall–Kier alpha value is -2.41. The smallest absolute Gasteiger partial charge is 0.312 e. The Balaban J connectivity index is 1.35. The molecule has 0 bridgehead atoms. The van der Waals surface area contributed by atoms with Crippen molar-refractivity contribution in [1.29, 1.82) is 0 Å². The topological polar surface area (TPSA) is 84.2 Å². The largest absolute Gasteiger partial charge is 0.329 e. The maximum Gasteiger partial charge on any atom is 0.312 e. The van der Waals surface area contributed by atoms with E-state index in [-0.39, 0.29) is 6.54 Å². The van der Waals surface area contributed by atoms with Crippen LogP contribution < -0.4 is 0 Å². The Kier molecular flexibility index (Phi) is 4.40. The van der Waals surface area contributed by atoms with Crippen LogP contribution in [0.5, 0.6) is 0 Å². The second-order valence-corrected chi connectivity index (χ2v) is 9.95. The van der Waals surface area contributed by atoms with Crippen molar-refractivity contribution in [3.8, 4) is 5.69 Å². The van der Waals surface area contributed by atoms with Gasteiger partial charge in [0.25, 0.3) is 0 Å². The number of nitrogens with zero attached hydrogens (tertiary/aromatic N) is 6. The number of piperazine rings is 1. The molecule has 0 N–H and O–H groups in total. The van der Waals surface area contributed by atoms with E-state index >= 15 is 0 Å². The molecule has 2 aliphatic heterocycles. The minimum atomic E-state index is -2.22. The van der Waals surface area contributed by atoms with Crippen molar-refractivity contribution in [3.05, 3.63) is 36.4 Å². The fraction of sp³-hybridized carbons (Fsp3) is 0.438. The van der Waals surface area contributed by atoms with Gasteiger partial charge in [-0.1, -0.05) is 4.20 Å². The van der Waals surface area contributed by atoms with E-state index in [9.17, 15) is 13.8 Å². The van der Waals surface area contributed by atoms with Crippen LogP contribution in [0.3, 0.4) is 0 Å². The Morgan fingerprint density at radius 2 is 1.73 bits per heavy atom. The number of rotatable bonds is 6. The summed E-state index contributed by atoms with van der Waals surface area (Å²) >= 11 is 0. The van der Waals surface area contributed by atoms with Crippen molar-refractivity contribution < 1.29 is 13.8 Å². The van der Waals surface area contributed by atoms with Crippen molar-refractivity contribution in [2.75, 3.05) is 38.1 Å². The molecule has 4 heterocycles. The lowest BCUT2D eigenvalue weighted by atomic mass is 10.2. The molecule has 2 aromatic heterocycles.